The van der Waals surface area contributed by atoms with Crippen LogP contribution in [-0.4, -0.2) is 88.4 Å². The summed E-state index contributed by atoms with van der Waals surface area (Å²) >= 11 is 0. The number of alkyl halides is 3. The van der Waals surface area contributed by atoms with E-state index in [0.29, 0.717) is 24.0 Å². The number of amides is 3. The van der Waals surface area contributed by atoms with Crippen molar-refractivity contribution in [2.24, 2.45) is 11.3 Å². The fourth-order valence-corrected chi connectivity index (χ4v) is 6.91. The van der Waals surface area contributed by atoms with Gasteiger partial charge in [0.2, 0.25) is 0 Å². The van der Waals surface area contributed by atoms with Crippen LogP contribution in [0.5, 0.6) is 0 Å². The summed E-state index contributed by atoms with van der Waals surface area (Å²) in [5, 5.41) is 12.2. The van der Waals surface area contributed by atoms with Gasteiger partial charge < -0.3 is 24.4 Å². The Kier molecular flexibility index (Phi) is 7.69. The molecule has 2 aromatic rings. The van der Waals surface area contributed by atoms with Crippen molar-refractivity contribution < 1.29 is 27.9 Å². The predicted octanol–water partition coefficient (Wildman–Crippen LogP) is 4.22. The number of nitrogens with zero attached hydrogens (tertiary/aromatic N) is 4. The van der Waals surface area contributed by atoms with Gasteiger partial charge in [-0.2, -0.15) is 13.2 Å². The number of pyridine rings is 1. The number of hydrogen-bond acceptors (Lipinski definition) is 4. The van der Waals surface area contributed by atoms with Crippen LogP contribution in [0.4, 0.5) is 18.0 Å². The molecule has 2 unspecified atom stereocenters. The predicted molar refractivity (Wildman–Crippen MR) is 147 cm³/mol. The maximum absolute atomic E-state index is 13.4. The summed E-state index contributed by atoms with van der Waals surface area (Å²) in [7, 11) is 3.27. The molecule has 41 heavy (non-hydrogen) atoms. The molecule has 1 aromatic heterocycles. The van der Waals surface area contributed by atoms with Crippen molar-refractivity contribution in [3.8, 4) is 11.1 Å². The van der Waals surface area contributed by atoms with E-state index in [1.807, 2.05) is 30.3 Å². The highest BCUT2D eigenvalue weighted by Gasteiger charge is 2.56. The van der Waals surface area contributed by atoms with E-state index >= 15 is 0 Å². The Balaban J connectivity index is 1.42. The molecule has 0 radical (unpaired) electrons. The van der Waals surface area contributed by atoms with Crippen LogP contribution in [0.1, 0.15) is 48.9 Å². The van der Waals surface area contributed by atoms with E-state index in [9.17, 15) is 32.7 Å². The van der Waals surface area contributed by atoms with Crippen LogP contribution >= 0.6 is 0 Å². The molecule has 2 atom stereocenters. The second kappa shape index (κ2) is 10.8. The van der Waals surface area contributed by atoms with Gasteiger partial charge >= 0.3 is 12.2 Å². The highest BCUT2D eigenvalue weighted by atomic mass is 19.4. The Morgan fingerprint density at radius 2 is 1.73 bits per heavy atom. The number of carbonyl (C=O) groups excluding carboxylic acids is 2. The molecule has 222 valence electrons. The van der Waals surface area contributed by atoms with Gasteiger partial charge in [0.25, 0.3) is 11.5 Å². The minimum atomic E-state index is -4.33. The molecule has 1 spiro atoms. The summed E-state index contributed by atoms with van der Waals surface area (Å²) in [5.74, 6) is -1.79. The van der Waals surface area contributed by atoms with Crippen molar-refractivity contribution in [2.75, 3.05) is 40.3 Å². The van der Waals surface area contributed by atoms with Crippen molar-refractivity contribution in [3.05, 3.63) is 58.5 Å². The summed E-state index contributed by atoms with van der Waals surface area (Å²) in [5.41, 5.74) is -0.810. The standard InChI is InChI=1S/C30H37F3N4O4/c1-34(2)26(39)24-18-37(25(38)16-23(24)21-8-4-3-5-9-21)20-29(41)13-15-36(19-28(29)11-6-7-12-28)27(40)35-14-10-22(17-35)30(31,32)33/h3-5,8-9,16,18,22,41H,6-7,10-15,17,19-20H2,1-2H3. The Morgan fingerprint density at radius 1 is 1.05 bits per heavy atom. The van der Waals surface area contributed by atoms with E-state index in [1.54, 1.807) is 19.0 Å². The van der Waals surface area contributed by atoms with Crippen LogP contribution in [-0.2, 0) is 6.54 Å². The minimum Gasteiger partial charge on any atom is -0.387 e. The second-order valence-corrected chi connectivity index (χ2v) is 12.1. The number of likely N-dealkylation sites (tertiary alicyclic amines) is 2. The van der Waals surface area contributed by atoms with Crippen LogP contribution in [0.3, 0.4) is 0 Å². The molecule has 3 heterocycles. The van der Waals surface area contributed by atoms with Crippen LogP contribution in [0.2, 0.25) is 0 Å². The van der Waals surface area contributed by atoms with E-state index in [1.165, 1.54) is 26.6 Å². The quantitative estimate of drug-likeness (QED) is 0.593. The zero-order chi connectivity index (χ0) is 29.6. The third kappa shape index (κ3) is 5.48. The maximum atomic E-state index is 13.4. The molecule has 1 aromatic carbocycles. The van der Waals surface area contributed by atoms with Crippen LogP contribution in [0.15, 0.2) is 47.4 Å². The SMILES string of the molecule is CN(C)C(=O)c1cn(CC2(O)CCN(C(=O)N3CCC(C(F)(F)F)C3)CC23CCCC3)c(=O)cc1-c1ccccc1. The number of urea groups is 1. The second-order valence-electron chi connectivity index (χ2n) is 12.1. The molecule has 1 aliphatic carbocycles. The molecular weight excluding hydrogens is 537 g/mol. The Bertz CT molecular complexity index is 1350. The van der Waals surface area contributed by atoms with E-state index < -0.39 is 29.1 Å². The smallest absolute Gasteiger partial charge is 0.387 e. The van der Waals surface area contributed by atoms with Crippen LogP contribution < -0.4 is 5.56 Å². The molecule has 1 saturated carbocycles. The number of carbonyl (C=O) groups is 2. The van der Waals surface area contributed by atoms with Crippen molar-refractivity contribution in [1.82, 2.24) is 19.3 Å². The highest BCUT2D eigenvalue weighted by Crippen LogP contribution is 2.52. The number of piperidine rings is 1. The average Bonchev–Trinajstić information content (AvgIpc) is 3.62. The van der Waals surface area contributed by atoms with Crippen LogP contribution in [0, 0.1) is 11.3 Å². The van der Waals surface area contributed by atoms with Gasteiger partial charge in [-0.05, 0) is 31.2 Å². The van der Waals surface area contributed by atoms with Crippen molar-refractivity contribution >= 4 is 11.9 Å². The topological polar surface area (TPSA) is 86.1 Å². The van der Waals surface area contributed by atoms with E-state index in [4.69, 9.17) is 0 Å². The van der Waals surface area contributed by atoms with Gasteiger partial charge in [0.15, 0.2) is 0 Å². The fraction of sp³-hybridized carbons (Fsp3) is 0.567. The Labute approximate surface area is 237 Å². The summed E-state index contributed by atoms with van der Waals surface area (Å²) in [6.07, 6.45) is 0.226. The molecule has 1 N–H and O–H groups in total. The average molecular weight is 575 g/mol. The number of aromatic nitrogens is 1. The van der Waals surface area contributed by atoms with E-state index in [2.05, 4.69) is 0 Å². The lowest BCUT2D eigenvalue weighted by Gasteiger charge is -2.52. The first-order valence-electron chi connectivity index (χ1n) is 14.2. The molecule has 11 heteroatoms. The van der Waals surface area contributed by atoms with Crippen molar-refractivity contribution in [2.45, 2.75) is 56.8 Å². The lowest BCUT2D eigenvalue weighted by molar-refractivity contribution is -0.170. The van der Waals surface area contributed by atoms with Crippen molar-refractivity contribution in [1.29, 1.82) is 0 Å². The fourth-order valence-electron chi connectivity index (χ4n) is 6.91. The summed E-state index contributed by atoms with van der Waals surface area (Å²) in [6.45, 7) is 0.0571. The van der Waals surface area contributed by atoms with Gasteiger partial charge in [0, 0.05) is 63.5 Å². The molecule has 8 nitrogen and oxygen atoms in total. The Morgan fingerprint density at radius 3 is 2.34 bits per heavy atom. The highest BCUT2D eigenvalue weighted by molar-refractivity contribution is 6.00. The van der Waals surface area contributed by atoms with E-state index in [0.717, 1.165) is 18.4 Å². The van der Waals surface area contributed by atoms with Gasteiger partial charge in [-0.15, -0.1) is 0 Å². The lowest BCUT2D eigenvalue weighted by atomic mass is 9.66. The van der Waals surface area contributed by atoms with Gasteiger partial charge in [-0.3, -0.25) is 9.59 Å². The Hall–Kier alpha value is -3.34. The molecular formula is C30H37F3N4O4. The number of rotatable bonds is 4. The summed E-state index contributed by atoms with van der Waals surface area (Å²) in [6, 6.07) is 10.2. The van der Waals surface area contributed by atoms with Crippen molar-refractivity contribution in [3.63, 3.8) is 0 Å². The summed E-state index contributed by atoms with van der Waals surface area (Å²) in [4.78, 5) is 44.2. The largest absolute Gasteiger partial charge is 0.393 e. The first kappa shape index (κ1) is 29.2. The number of halogens is 3. The zero-order valence-corrected chi connectivity index (χ0v) is 23.5. The number of benzene rings is 1. The lowest BCUT2D eigenvalue weighted by Crippen LogP contribution is -2.63. The third-order valence-electron chi connectivity index (χ3n) is 9.31. The monoisotopic (exact) mass is 574 g/mol. The van der Waals surface area contributed by atoms with Crippen LogP contribution in [0.25, 0.3) is 11.1 Å². The number of aliphatic hydroxyl groups is 1. The molecule has 3 fully saturated rings. The van der Waals surface area contributed by atoms with Gasteiger partial charge in [-0.1, -0.05) is 43.2 Å². The van der Waals surface area contributed by atoms with E-state index in [-0.39, 0.29) is 57.0 Å². The number of hydrogen-bond donors (Lipinski definition) is 1. The molecule has 3 aliphatic rings. The third-order valence-corrected chi connectivity index (χ3v) is 9.31. The zero-order valence-electron chi connectivity index (χ0n) is 23.5. The van der Waals surface area contributed by atoms with Gasteiger partial charge in [-0.25, -0.2) is 4.79 Å². The van der Waals surface area contributed by atoms with Gasteiger partial charge in [0.05, 0.1) is 23.6 Å². The molecule has 2 aliphatic heterocycles. The molecule has 0 bridgehead atoms. The molecule has 3 amide bonds. The normalized spacial score (nSPS) is 24.2. The minimum absolute atomic E-state index is 0.0451. The first-order chi connectivity index (χ1) is 19.3. The molecule has 5 rings (SSSR count). The first-order valence-corrected chi connectivity index (χ1v) is 14.2. The molecule has 2 saturated heterocycles. The van der Waals surface area contributed by atoms with Gasteiger partial charge in [0.1, 0.15) is 0 Å². The maximum Gasteiger partial charge on any atom is 0.393 e. The summed E-state index contributed by atoms with van der Waals surface area (Å²) < 4.78 is 41.1.